The summed E-state index contributed by atoms with van der Waals surface area (Å²) in [6, 6.07) is 12.1. The summed E-state index contributed by atoms with van der Waals surface area (Å²) < 4.78 is 44.7. The number of hydrogen-bond donors (Lipinski definition) is 1. The van der Waals surface area contributed by atoms with Gasteiger partial charge in [-0.25, -0.2) is 13.1 Å². The highest BCUT2D eigenvalue weighted by Crippen LogP contribution is 2.31. The fourth-order valence-electron chi connectivity index (χ4n) is 2.30. The van der Waals surface area contributed by atoms with Gasteiger partial charge in [0.25, 0.3) is 0 Å². The lowest BCUT2D eigenvalue weighted by atomic mass is 10.2. The van der Waals surface area contributed by atoms with Gasteiger partial charge in [-0.1, -0.05) is 28.1 Å². The normalized spacial score (nSPS) is 16.7. The van der Waals surface area contributed by atoms with Crippen LogP contribution in [-0.4, -0.2) is 34.8 Å². The number of hydrogen-bond acceptors (Lipinski definition) is 5. The van der Waals surface area contributed by atoms with Gasteiger partial charge >= 0.3 is 0 Å². The highest BCUT2D eigenvalue weighted by atomic mass is 79.9. The minimum atomic E-state index is -3.74. The molecule has 6 nitrogen and oxygen atoms in total. The highest BCUT2D eigenvalue weighted by molar-refractivity contribution is 9.10. The van der Waals surface area contributed by atoms with Crippen LogP contribution in [0.5, 0.6) is 17.2 Å². The van der Waals surface area contributed by atoms with Gasteiger partial charge < -0.3 is 14.2 Å². The number of fused-ring (bicyclic) bond motifs is 1. The molecule has 0 saturated heterocycles. The van der Waals surface area contributed by atoms with Gasteiger partial charge in [0.2, 0.25) is 10.0 Å². The third-order valence-electron chi connectivity index (χ3n) is 3.48. The monoisotopic (exact) mass is 413 g/mol. The molecule has 1 N–H and O–H groups in total. The van der Waals surface area contributed by atoms with Crippen LogP contribution >= 0.6 is 15.9 Å². The van der Waals surface area contributed by atoms with E-state index in [1.807, 2.05) is 18.2 Å². The van der Waals surface area contributed by atoms with Gasteiger partial charge in [0, 0.05) is 4.47 Å². The molecule has 0 saturated carbocycles. The molecule has 0 amide bonds. The minimum Gasteiger partial charge on any atom is -0.495 e. The molecule has 0 spiro atoms. The van der Waals surface area contributed by atoms with Crippen molar-refractivity contribution in [2.45, 2.75) is 11.0 Å². The summed E-state index contributed by atoms with van der Waals surface area (Å²) in [5, 5.41) is 0. The molecule has 2 aromatic rings. The smallest absolute Gasteiger partial charge is 0.244 e. The van der Waals surface area contributed by atoms with E-state index in [0.717, 1.165) is 0 Å². The second-order valence-electron chi connectivity index (χ2n) is 5.14. The first-order valence-electron chi connectivity index (χ1n) is 7.21. The van der Waals surface area contributed by atoms with E-state index in [9.17, 15) is 8.42 Å². The number of methoxy groups -OCH3 is 1. The molecule has 1 aliphatic rings. The molecule has 0 bridgehead atoms. The van der Waals surface area contributed by atoms with Crippen LogP contribution in [0.25, 0.3) is 0 Å². The largest absolute Gasteiger partial charge is 0.495 e. The third-order valence-corrected chi connectivity index (χ3v) is 5.42. The number of rotatable bonds is 5. The third kappa shape index (κ3) is 3.66. The summed E-state index contributed by atoms with van der Waals surface area (Å²) in [5.41, 5.74) is 0. The van der Waals surface area contributed by atoms with Crippen LogP contribution in [-0.2, 0) is 10.0 Å². The van der Waals surface area contributed by atoms with Gasteiger partial charge in [-0.2, -0.15) is 0 Å². The lowest BCUT2D eigenvalue weighted by Gasteiger charge is -2.26. The first kappa shape index (κ1) is 17.1. The van der Waals surface area contributed by atoms with Crippen molar-refractivity contribution in [3.8, 4) is 17.2 Å². The van der Waals surface area contributed by atoms with Gasteiger partial charge in [0.05, 0.1) is 13.7 Å². The molecular formula is C16H16BrNO5S. The van der Waals surface area contributed by atoms with Crippen LogP contribution in [0, 0.1) is 0 Å². The zero-order chi connectivity index (χ0) is 17.2. The Morgan fingerprint density at radius 1 is 1.25 bits per heavy atom. The van der Waals surface area contributed by atoms with Gasteiger partial charge in [-0.15, -0.1) is 0 Å². The molecule has 1 atom stereocenters. The molecule has 128 valence electrons. The maximum Gasteiger partial charge on any atom is 0.244 e. The Bertz CT molecular complexity index is 840. The van der Waals surface area contributed by atoms with Crippen LogP contribution in [0.3, 0.4) is 0 Å². The van der Waals surface area contributed by atoms with Crippen LogP contribution in [0.1, 0.15) is 0 Å². The van der Waals surface area contributed by atoms with Crippen LogP contribution in [0.15, 0.2) is 51.8 Å². The van der Waals surface area contributed by atoms with Crippen molar-refractivity contribution >= 4 is 26.0 Å². The lowest BCUT2D eigenvalue weighted by Crippen LogP contribution is -2.40. The van der Waals surface area contributed by atoms with E-state index in [4.69, 9.17) is 14.2 Å². The summed E-state index contributed by atoms with van der Waals surface area (Å²) in [4.78, 5) is 0.0662. The van der Waals surface area contributed by atoms with Crippen molar-refractivity contribution < 1.29 is 22.6 Å². The molecule has 24 heavy (non-hydrogen) atoms. The molecule has 0 radical (unpaired) electrons. The topological polar surface area (TPSA) is 73.9 Å². The standard InChI is InChI=1S/C16H16BrNO5S/c1-21-15-7-6-11(17)8-16(15)24(19,20)18-9-12-10-22-13-4-2-3-5-14(13)23-12/h2-8,12,18H,9-10H2,1H3/t12-/m1/s1. The number of halogens is 1. The first-order chi connectivity index (χ1) is 11.5. The Balaban J connectivity index is 1.72. The Hall–Kier alpha value is -1.77. The number of ether oxygens (including phenoxy) is 3. The van der Waals surface area contributed by atoms with Crippen molar-refractivity contribution in [3.05, 3.63) is 46.9 Å². The second kappa shape index (κ2) is 7.00. The van der Waals surface area contributed by atoms with Crippen molar-refractivity contribution in [2.75, 3.05) is 20.3 Å². The van der Waals surface area contributed by atoms with Crippen LogP contribution < -0.4 is 18.9 Å². The zero-order valence-electron chi connectivity index (χ0n) is 12.9. The van der Waals surface area contributed by atoms with Crippen LogP contribution in [0.2, 0.25) is 0 Å². The van der Waals surface area contributed by atoms with Crippen molar-refractivity contribution in [1.82, 2.24) is 4.72 Å². The molecular weight excluding hydrogens is 398 g/mol. The van der Waals surface area contributed by atoms with E-state index in [0.29, 0.717) is 16.0 Å². The average molecular weight is 414 g/mol. The minimum absolute atomic E-state index is 0.0662. The van der Waals surface area contributed by atoms with Crippen molar-refractivity contribution in [3.63, 3.8) is 0 Å². The van der Waals surface area contributed by atoms with Gasteiger partial charge in [-0.05, 0) is 30.3 Å². The number of para-hydroxylation sites is 2. The zero-order valence-corrected chi connectivity index (χ0v) is 15.3. The Morgan fingerprint density at radius 2 is 2.00 bits per heavy atom. The predicted molar refractivity (Wildman–Crippen MR) is 92.2 cm³/mol. The summed E-state index contributed by atoms with van der Waals surface area (Å²) in [6.07, 6.45) is -0.409. The Morgan fingerprint density at radius 3 is 2.75 bits per heavy atom. The summed E-state index contributed by atoms with van der Waals surface area (Å²) in [7, 11) is -2.31. The molecule has 0 aliphatic carbocycles. The summed E-state index contributed by atoms with van der Waals surface area (Å²) in [5.74, 6) is 1.54. The molecule has 0 fully saturated rings. The highest BCUT2D eigenvalue weighted by Gasteiger charge is 2.25. The van der Waals surface area contributed by atoms with Gasteiger partial charge in [0.15, 0.2) is 11.5 Å². The summed E-state index contributed by atoms with van der Waals surface area (Å²) >= 11 is 3.27. The van der Waals surface area contributed by atoms with Crippen molar-refractivity contribution in [2.24, 2.45) is 0 Å². The number of nitrogens with one attached hydrogen (secondary N) is 1. The van der Waals surface area contributed by atoms with Crippen LogP contribution in [0.4, 0.5) is 0 Å². The molecule has 1 heterocycles. The predicted octanol–water partition coefficient (Wildman–Crippen LogP) is 2.58. The number of benzene rings is 2. The van der Waals surface area contributed by atoms with E-state index >= 15 is 0 Å². The second-order valence-corrected chi connectivity index (χ2v) is 7.80. The first-order valence-corrected chi connectivity index (χ1v) is 9.49. The molecule has 0 unspecified atom stereocenters. The molecule has 8 heteroatoms. The maximum absolute atomic E-state index is 12.5. The molecule has 0 aromatic heterocycles. The van der Waals surface area contributed by atoms with E-state index < -0.39 is 16.1 Å². The van der Waals surface area contributed by atoms with E-state index in [1.165, 1.54) is 13.2 Å². The van der Waals surface area contributed by atoms with E-state index in [2.05, 4.69) is 20.7 Å². The average Bonchev–Trinajstić information content (AvgIpc) is 2.60. The van der Waals surface area contributed by atoms with E-state index in [-0.39, 0.29) is 23.8 Å². The quantitative estimate of drug-likeness (QED) is 0.814. The van der Waals surface area contributed by atoms with E-state index in [1.54, 1.807) is 18.2 Å². The van der Waals surface area contributed by atoms with Gasteiger partial charge in [0.1, 0.15) is 23.4 Å². The summed E-state index contributed by atoms with van der Waals surface area (Å²) in [6.45, 7) is 0.363. The molecule has 2 aromatic carbocycles. The Labute approximate surface area is 148 Å². The fraction of sp³-hybridized carbons (Fsp3) is 0.250. The fourth-order valence-corrected chi connectivity index (χ4v) is 4.08. The Kier molecular flexibility index (Phi) is 4.98. The molecule has 1 aliphatic heterocycles. The maximum atomic E-state index is 12.5. The lowest BCUT2D eigenvalue weighted by molar-refractivity contribution is 0.0943. The molecule has 3 rings (SSSR count). The van der Waals surface area contributed by atoms with Gasteiger partial charge in [-0.3, -0.25) is 0 Å². The number of sulfonamides is 1. The van der Waals surface area contributed by atoms with Crippen molar-refractivity contribution in [1.29, 1.82) is 0 Å². The SMILES string of the molecule is COc1ccc(Br)cc1S(=O)(=O)NC[C@@H]1COc2ccccc2O1.